The topological polar surface area (TPSA) is 27.7 Å². The maximum absolute atomic E-state index is 15.5. The van der Waals surface area contributed by atoms with Gasteiger partial charge in [-0.25, -0.2) is 8.78 Å². The SMILES string of the molecule is COCCOCOC(C(C)Cc1ccccc1)C(F)(F)C(C)Cc1ccccc1. The summed E-state index contributed by atoms with van der Waals surface area (Å²) in [6.07, 6.45) is -0.447. The molecule has 2 aromatic rings. The Bertz CT molecular complexity index is 679. The lowest BCUT2D eigenvalue weighted by Gasteiger charge is -2.35. The lowest BCUT2D eigenvalue weighted by molar-refractivity contribution is -0.217. The highest BCUT2D eigenvalue weighted by Crippen LogP contribution is 2.37. The Balaban J connectivity index is 2.09. The minimum absolute atomic E-state index is 0.180. The summed E-state index contributed by atoms with van der Waals surface area (Å²) in [4.78, 5) is 0. The molecule has 0 aromatic heterocycles. The molecule has 0 N–H and O–H groups in total. The van der Waals surface area contributed by atoms with Gasteiger partial charge in [0.1, 0.15) is 12.9 Å². The van der Waals surface area contributed by atoms with Gasteiger partial charge in [-0.2, -0.15) is 0 Å². The zero-order valence-corrected chi connectivity index (χ0v) is 17.5. The normalized spacial score (nSPS) is 15.1. The van der Waals surface area contributed by atoms with Crippen molar-refractivity contribution < 1.29 is 23.0 Å². The van der Waals surface area contributed by atoms with Crippen molar-refractivity contribution in [3.8, 4) is 0 Å². The van der Waals surface area contributed by atoms with E-state index in [4.69, 9.17) is 14.2 Å². The van der Waals surface area contributed by atoms with Gasteiger partial charge in [0.05, 0.1) is 13.2 Å². The van der Waals surface area contributed by atoms with Crippen LogP contribution in [0.15, 0.2) is 60.7 Å². The Labute approximate surface area is 173 Å². The molecule has 160 valence electrons. The van der Waals surface area contributed by atoms with E-state index >= 15 is 8.78 Å². The van der Waals surface area contributed by atoms with E-state index in [0.29, 0.717) is 19.6 Å². The van der Waals surface area contributed by atoms with E-state index in [-0.39, 0.29) is 19.1 Å². The standard InChI is InChI=1S/C24H32F2O3/c1-19(16-21-10-6-4-7-11-21)23(29-18-28-15-14-27-3)24(25,26)20(2)17-22-12-8-5-9-13-22/h4-13,19-20,23H,14-18H2,1-3H3. The highest BCUT2D eigenvalue weighted by Gasteiger charge is 2.48. The van der Waals surface area contributed by atoms with Crippen LogP contribution in [0.3, 0.4) is 0 Å². The van der Waals surface area contributed by atoms with Crippen LogP contribution >= 0.6 is 0 Å². The van der Waals surface area contributed by atoms with E-state index in [1.54, 1.807) is 14.0 Å². The molecule has 0 fully saturated rings. The summed E-state index contributed by atoms with van der Waals surface area (Å²) in [5, 5.41) is 0. The molecule has 0 aliphatic carbocycles. The first-order chi connectivity index (χ1) is 13.9. The second kappa shape index (κ2) is 12.0. The van der Waals surface area contributed by atoms with Crippen LogP contribution in [0, 0.1) is 11.8 Å². The fraction of sp³-hybridized carbons (Fsp3) is 0.500. The van der Waals surface area contributed by atoms with Gasteiger partial charge in [0, 0.05) is 13.0 Å². The Kier molecular flexibility index (Phi) is 9.71. The van der Waals surface area contributed by atoms with Gasteiger partial charge >= 0.3 is 0 Å². The second-order valence-corrected chi connectivity index (χ2v) is 7.54. The zero-order valence-electron chi connectivity index (χ0n) is 17.5. The zero-order chi connectivity index (χ0) is 21.1. The van der Waals surface area contributed by atoms with Crippen molar-refractivity contribution in [2.75, 3.05) is 27.1 Å². The van der Waals surface area contributed by atoms with Crippen molar-refractivity contribution in [3.05, 3.63) is 71.8 Å². The molecule has 0 spiro atoms. The maximum Gasteiger partial charge on any atom is 0.276 e. The van der Waals surface area contributed by atoms with E-state index in [1.807, 2.05) is 67.6 Å². The highest BCUT2D eigenvalue weighted by atomic mass is 19.3. The van der Waals surface area contributed by atoms with E-state index in [2.05, 4.69) is 0 Å². The van der Waals surface area contributed by atoms with Gasteiger partial charge < -0.3 is 14.2 Å². The van der Waals surface area contributed by atoms with Crippen molar-refractivity contribution >= 4 is 0 Å². The fourth-order valence-electron chi connectivity index (χ4n) is 3.45. The molecular formula is C24H32F2O3. The monoisotopic (exact) mass is 406 g/mol. The molecule has 5 heteroatoms. The minimum atomic E-state index is -3.01. The molecular weight excluding hydrogens is 374 g/mol. The largest absolute Gasteiger partial charge is 0.382 e. The summed E-state index contributed by atoms with van der Waals surface area (Å²) in [5.41, 5.74) is 1.91. The molecule has 3 unspecified atom stereocenters. The van der Waals surface area contributed by atoms with Crippen LogP contribution in [0.1, 0.15) is 25.0 Å². The second-order valence-electron chi connectivity index (χ2n) is 7.54. The first-order valence-electron chi connectivity index (χ1n) is 10.1. The fourth-order valence-corrected chi connectivity index (χ4v) is 3.45. The number of ether oxygens (including phenoxy) is 3. The van der Waals surface area contributed by atoms with E-state index in [1.165, 1.54) is 0 Å². The third kappa shape index (κ3) is 7.50. The lowest BCUT2D eigenvalue weighted by Crippen LogP contribution is -2.47. The van der Waals surface area contributed by atoms with Crippen LogP contribution in [-0.2, 0) is 27.1 Å². The summed E-state index contributed by atoms with van der Waals surface area (Å²) in [7, 11) is 1.56. The van der Waals surface area contributed by atoms with Crippen molar-refractivity contribution in [1.29, 1.82) is 0 Å². The van der Waals surface area contributed by atoms with Gasteiger partial charge in [0.2, 0.25) is 0 Å². The molecule has 2 rings (SSSR count). The molecule has 0 amide bonds. The predicted octanol–water partition coefficient (Wildman–Crippen LogP) is 5.39. The van der Waals surface area contributed by atoms with Crippen molar-refractivity contribution in [2.24, 2.45) is 11.8 Å². The van der Waals surface area contributed by atoms with Crippen LogP contribution in [-0.4, -0.2) is 39.1 Å². The lowest BCUT2D eigenvalue weighted by atomic mass is 9.84. The number of alkyl halides is 2. The molecule has 0 aliphatic heterocycles. The molecule has 3 nitrogen and oxygen atoms in total. The average molecular weight is 407 g/mol. The van der Waals surface area contributed by atoms with Crippen LogP contribution in [0.25, 0.3) is 0 Å². The number of halogens is 2. The third-order valence-corrected chi connectivity index (χ3v) is 5.10. The summed E-state index contributed by atoms with van der Waals surface area (Å²) in [5.74, 6) is -4.25. The van der Waals surface area contributed by atoms with Crippen molar-refractivity contribution in [2.45, 2.75) is 38.7 Å². The summed E-state index contributed by atoms with van der Waals surface area (Å²) in [6, 6.07) is 19.0. The molecule has 0 saturated heterocycles. The number of hydrogen-bond acceptors (Lipinski definition) is 3. The maximum atomic E-state index is 15.5. The Morgan fingerprint density at radius 2 is 1.38 bits per heavy atom. The molecule has 0 bridgehead atoms. The van der Waals surface area contributed by atoms with Gasteiger partial charge in [0.25, 0.3) is 5.92 Å². The Morgan fingerprint density at radius 3 is 1.93 bits per heavy atom. The smallest absolute Gasteiger partial charge is 0.276 e. The van der Waals surface area contributed by atoms with Crippen LogP contribution in [0.4, 0.5) is 8.78 Å². The van der Waals surface area contributed by atoms with E-state index in [0.717, 1.165) is 11.1 Å². The highest BCUT2D eigenvalue weighted by molar-refractivity contribution is 5.17. The number of hydrogen-bond donors (Lipinski definition) is 0. The van der Waals surface area contributed by atoms with Crippen molar-refractivity contribution in [3.63, 3.8) is 0 Å². The number of methoxy groups -OCH3 is 1. The minimum Gasteiger partial charge on any atom is -0.382 e. The van der Waals surface area contributed by atoms with Gasteiger partial charge in [-0.05, 0) is 29.9 Å². The van der Waals surface area contributed by atoms with Crippen LogP contribution in [0.5, 0.6) is 0 Å². The van der Waals surface area contributed by atoms with Crippen LogP contribution < -0.4 is 0 Å². The first kappa shape index (κ1) is 23.5. The first-order valence-corrected chi connectivity index (χ1v) is 10.1. The van der Waals surface area contributed by atoms with Crippen molar-refractivity contribution in [1.82, 2.24) is 0 Å². The summed E-state index contributed by atoms with van der Waals surface area (Å²) >= 11 is 0. The van der Waals surface area contributed by atoms with Gasteiger partial charge in [-0.15, -0.1) is 0 Å². The predicted molar refractivity (Wildman–Crippen MR) is 111 cm³/mol. The number of rotatable bonds is 13. The molecule has 2 aromatic carbocycles. The van der Waals surface area contributed by atoms with E-state index in [9.17, 15) is 0 Å². The van der Waals surface area contributed by atoms with Crippen LogP contribution in [0.2, 0.25) is 0 Å². The Morgan fingerprint density at radius 1 is 0.828 bits per heavy atom. The quantitative estimate of drug-likeness (QED) is 0.330. The average Bonchev–Trinajstić information content (AvgIpc) is 2.71. The summed E-state index contributed by atoms with van der Waals surface area (Å²) < 4.78 is 46.8. The molecule has 0 heterocycles. The molecule has 29 heavy (non-hydrogen) atoms. The van der Waals surface area contributed by atoms with Gasteiger partial charge in [-0.3, -0.25) is 0 Å². The molecule has 3 atom stereocenters. The molecule has 0 aliphatic rings. The molecule has 0 radical (unpaired) electrons. The van der Waals surface area contributed by atoms with E-state index < -0.39 is 17.9 Å². The van der Waals surface area contributed by atoms with Gasteiger partial charge in [0.15, 0.2) is 0 Å². The Hall–Kier alpha value is -1.82. The number of benzene rings is 2. The molecule has 0 saturated carbocycles. The van der Waals surface area contributed by atoms with Gasteiger partial charge in [-0.1, -0.05) is 74.5 Å². The summed E-state index contributed by atoms with van der Waals surface area (Å²) in [6.45, 7) is 3.93. The third-order valence-electron chi connectivity index (χ3n) is 5.10.